The number of imidazole rings is 1. The monoisotopic (exact) mass is 349 g/mol. The topological polar surface area (TPSA) is 85.3 Å². The summed E-state index contributed by atoms with van der Waals surface area (Å²) in [5, 5.41) is 3.02. The van der Waals surface area contributed by atoms with E-state index in [2.05, 4.69) is 15.3 Å². The molecule has 1 aromatic carbocycles. The number of amides is 1. The summed E-state index contributed by atoms with van der Waals surface area (Å²) in [4.78, 5) is 21.4. The van der Waals surface area contributed by atoms with Crippen LogP contribution in [0.2, 0.25) is 0 Å². The number of benzene rings is 1. The molecule has 6 nitrogen and oxygen atoms in total. The zero-order chi connectivity index (χ0) is 18.1. The maximum Gasteiger partial charge on any atom is 0.234 e. The Morgan fingerprint density at radius 1 is 1.31 bits per heavy atom. The number of carbonyl (C=O) groups excluding carboxylic acids is 1. The average Bonchev–Trinajstić information content (AvgIpc) is 3.06. The van der Waals surface area contributed by atoms with Crippen LogP contribution in [-0.4, -0.2) is 25.8 Å². The first-order valence-corrected chi connectivity index (χ1v) is 9.03. The first-order chi connectivity index (χ1) is 12.5. The number of carbonyl (C=O) groups is 1. The Hall–Kier alpha value is -2.73. The third-order valence-corrected chi connectivity index (χ3v) is 5.25. The highest BCUT2D eigenvalue weighted by Gasteiger charge is 2.37. The molecule has 1 amide bonds. The molecule has 26 heavy (non-hydrogen) atoms. The van der Waals surface area contributed by atoms with Crippen molar-refractivity contribution in [1.82, 2.24) is 14.4 Å². The minimum Gasteiger partial charge on any atom is -0.326 e. The van der Waals surface area contributed by atoms with Gasteiger partial charge < -0.3 is 11.1 Å². The van der Waals surface area contributed by atoms with Gasteiger partial charge >= 0.3 is 0 Å². The Labute approximate surface area is 152 Å². The summed E-state index contributed by atoms with van der Waals surface area (Å²) >= 11 is 0. The predicted molar refractivity (Wildman–Crippen MR) is 102 cm³/mol. The van der Waals surface area contributed by atoms with Gasteiger partial charge in [-0.2, -0.15) is 0 Å². The van der Waals surface area contributed by atoms with E-state index in [0.717, 1.165) is 42.6 Å². The van der Waals surface area contributed by atoms with E-state index >= 15 is 0 Å². The smallest absolute Gasteiger partial charge is 0.234 e. The van der Waals surface area contributed by atoms with Crippen LogP contribution in [0.25, 0.3) is 17.0 Å². The first kappa shape index (κ1) is 16.7. The van der Waals surface area contributed by atoms with Gasteiger partial charge in [0.1, 0.15) is 0 Å². The van der Waals surface area contributed by atoms with E-state index in [1.165, 1.54) is 0 Å². The Kier molecular flexibility index (Phi) is 4.20. The summed E-state index contributed by atoms with van der Waals surface area (Å²) in [6, 6.07) is 9.59. The van der Waals surface area contributed by atoms with Gasteiger partial charge in [0.15, 0.2) is 0 Å². The molecule has 1 aliphatic carbocycles. The van der Waals surface area contributed by atoms with Crippen LogP contribution >= 0.6 is 0 Å². The van der Waals surface area contributed by atoms with Crippen LogP contribution in [0.3, 0.4) is 0 Å². The van der Waals surface area contributed by atoms with E-state index in [4.69, 9.17) is 5.73 Å². The van der Waals surface area contributed by atoms with Gasteiger partial charge in [-0.3, -0.25) is 9.20 Å². The molecule has 3 aromatic rings. The van der Waals surface area contributed by atoms with Gasteiger partial charge in [-0.05, 0) is 38.0 Å². The summed E-state index contributed by atoms with van der Waals surface area (Å²) in [6.45, 7) is 1.98. The minimum atomic E-state index is -0.425. The number of nitrogens with one attached hydrogen (secondary N) is 1. The fourth-order valence-corrected chi connectivity index (χ4v) is 3.71. The zero-order valence-electron chi connectivity index (χ0n) is 14.9. The second kappa shape index (κ2) is 6.53. The van der Waals surface area contributed by atoms with Gasteiger partial charge in [0, 0.05) is 35.4 Å². The number of rotatable bonds is 3. The fourth-order valence-electron chi connectivity index (χ4n) is 3.71. The highest BCUT2D eigenvalue weighted by molar-refractivity contribution is 5.93. The lowest BCUT2D eigenvalue weighted by molar-refractivity contribution is -0.122. The van der Waals surface area contributed by atoms with Crippen molar-refractivity contribution in [3.63, 3.8) is 0 Å². The molecular formula is C20H23N5O. The van der Waals surface area contributed by atoms with Crippen LogP contribution in [0.4, 0.5) is 5.69 Å². The summed E-state index contributed by atoms with van der Waals surface area (Å²) < 4.78 is 1.89. The van der Waals surface area contributed by atoms with Crippen LogP contribution < -0.4 is 11.1 Å². The van der Waals surface area contributed by atoms with Crippen LogP contribution in [0.15, 0.2) is 48.9 Å². The molecule has 1 aliphatic rings. The molecule has 4 rings (SSSR count). The Morgan fingerprint density at radius 2 is 2.12 bits per heavy atom. The van der Waals surface area contributed by atoms with Crippen LogP contribution in [-0.2, 0) is 4.79 Å². The van der Waals surface area contributed by atoms with Crippen molar-refractivity contribution in [3.8, 4) is 11.3 Å². The maximum atomic E-state index is 12.6. The molecular weight excluding hydrogens is 326 g/mol. The van der Waals surface area contributed by atoms with E-state index in [9.17, 15) is 4.79 Å². The van der Waals surface area contributed by atoms with Gasteiger partial charge in [0.2, 0.25) is 11.7 Å². The lowest BCUT2D eigenvalue weighted by Gasteiger charge is -2.37. The molecule has 134 valence electrons. The average molecular weight is 349 g/mol. The molecule has 2 atom stereocenters. The first-order valence-electron chi connectivity index (χ1n) is 9.03. The summed E-state index contributed by atoms with van der Waals surface area (Å²) in [6.07, 6.45) is 9.49. The van der Waals surface area contributed by atoms with Gasteiger partial charge in [-0.1, -0.05) is 25.0 Å². The molecule has 2 unspecified atom stereocenters. The van der Waals surface area contributed by atoms with E-state index < -0.39 is 5.54 Å². The second-order valence-electron chi connectivity index (χ2n) is 7.32. The SMILES string of the molecule is CC1(N)CCCCC1C(=O)Nc1ccc(-c2cn3cccnc3n2)cc1. The van der Waals surface area contributed by atoms with Crippen LogP contribution in [0.5, 0.6) is 0 Å². The number of aromatic nitrogens is 3. The quantitative estimate of drug-likeness (QED) is 0.760. The summed E-state index contributed by atoms with van der Waals surface area (Å²) in [5.74, 6) is 0.541. The fraction of sp³-hybridized carbons (Fsp3) is 0.350. The van der Waals surface area contributed by atoms with E-state index in [1.807, 2.05) is 54.0 Å². The third kappa shape index (κ3) is 3.20. The molecule has 1 saturated carbocycles. The van der Waals surface area contributed by atoms with Crippen molar-refractivity contribution in [3.05, 3.63) is 48.9 Å². The normalized spacial score (nSPS) is 23.1. The second-order valence-corrected chi connectivity index (χ2v) is 7.32. The van der Waals surface area contributed by atoms with E-state index in [0.29, 0.717) is 5.78 Å². The molecule has 3 N–H and O–H groups in total. The molecule has 0 spiro atoms. The Balaban J connectivity index is 1.50. The lowest BCUT2D eigenvalue weighted by atomic mass is 9.74. The van der Waals surface area contributed by atoms with Crippen molar-refractivity contribution in [2.24, 2.45) is 11.7 Å². The highest BCUT2D eigenvalue weighted by atomic mass is 16.1. The number of hydrogen-bond donors (Lipinski definition) is 2. The maximum absolute atomic E-state index is 12.6. The molecule has 2 heterocycles. The largest absolute Gasteiger partial charge is 0.326 e. The van der Waals surface area contributed by atoms with Gasteiger partial charge in [0.05, 0.1) is 11.6 Å². The van der Waals surface area contributed by atoms with Crippen molar-refractivity contribution < 1.29 is 4.79 Å². The molecule has 6 heteroatoms. The van der Waals surface area contributed by atoms with Gasteiger partial charge in [-0.25, -0.2) is 9.97 Å². The van der Waals surface area contributed by atoms with Gasteiger partial charge in [0.25, 0.3) is 0 Å². The number of hydrogen-bond acceptors (Lipinski definition) is 4. The molecule has 1 fully saturated rings. The lowest BCUT2D eigenvalue weighted by Crippen LogP contribution is -2.51. The van der Waals surface area contributed by atoms with Crippen molar-refractivity contribution in [2.45, 2.75) is 38.1 Å². The summed E-state index contributed by atoms with van der Waals surface area (Å²) in [7, 11) is 0. The summed E-state index contributed by atoms with van der Waals surface area (Å²) in [5.41, 5.74) is 8.52. The number of fused-ring (bicyclic) bond motifs is 1. The molecule has 0 saturated heterocycles. The number of anilines is 1. The van der Waals surface area contributed by atoms with E-state index in [-0.39, 0.29) is 11.8 Å². The van der Waals surface area contributed by atoms with E-state index in [1.54, 1.807) is 6.20 Å². The van der Waals surface area contributed by atoms with Crippen LogP contribution in [0, 0.1) is 5.92 Å². The predicted octanol–water partition coefficient (Wildman–Crippen LogP) is 3.24. The van der Waals surface area contributed by atoms with Crippen molar-refractivity contribution in [1.29, 1.82) is 0 Å². The molecule has 0 aliphatic heterocycles. The minimum absolute atomic E-state index is 0.0133. The number of nitrogens with zero attached hydrogens (tertiary/aromatic N) is 3. The van der Waals surface area contributed by atoms with Crippen molar-refractivity contribution >= 4 is 17.4 Å². The Bertz CT molecular complexity index is 896. The molecule has 0 radical (unpaired) electrons. The number of nitrogens with two attached hydrogens (primary N) is 1. The third-order valence-electron chi connectivity index (χ3n) is 5.25. The standard InChI is InChI=1S/C20H23N5O/c1-20(21)10-3-2-5-16(20)18(26)23-15-8-6-14(7-9-15)17-13-25-12-4-11-22-19(25)24-17/h4,6-9,11-13,16H,2-3,5,10,21H2,1H3,(H,23,26). The van der Waals surface area contributed by atoms with Crippen LogP contribution in [0.1, 0.15) is 32.6 Å². The van der Waals surface area contributed by atoms with Crippen molar-refractivity contribution in [2.75, 3.05) is 5.32 Å². The molecule has 0 bridgehead atoms. The Morgan fingerprint density at radius 3 is 2.85 bits per heavy atom. The van der Waals surface area contributed by atoms with Gasteiger partial charge in [-0.15, -0.1) is 0 Å². The molecule has 2 aromatic heterocycles. The highest BCUT2D eigenvalue weighted by Crippen LogP contribution is 2.32. The zero-order valence-corrected chi connectivity index (χ0v) is 14.9.